The number of piperidine rings is 1. The van der Waals surface area contributed by atoms with Gasteiger partial charge in [0.15, 0.2) is 0 Å². The molecule has 0 N–H and O–H groups in total. The Morgan fingerprint density at radius 2 is 2.20 bits per heavy atom. The van der Waals surface area contributed by atoms with Crippen molar-refractivity contribution in [1.82, 2.24) is 14.8 Å². The second-order valence-electron chi connectivity index (χ2n) is 5.36. The predicted octanol–water partition coefficient (Wildman–Crippen LogP) is 1.64. The van der Waals surface area contributed by atoms with Crippen LogP contribution in [0.2, 0.25) is 0 Å². The summed E-state index contributed by atoms with van der Waals surface area (Å²) in [7, 11) is 0. The van der Waals surface area contributed by atoms with E-state index in [1.54, 1.807) is 16.0 Å². The lowest BCUT2D eigenvalue weighted by atomic mass is 9.94. The molecule has 2 fully saturated rings. The fourth-order valence-electron chi connectivity index (χ4n) is 3.18. The zero-order chi connectivity index (χ0) is 14.1. The van der Waals surface area contributed by atoms with Crippen molar-refractivity contribution in [1.29, 1.82) is 0 Å². The van der Waals surface area contributed by atoms with Crippen LogP contribution >= 0.6 is 11.3 Å². The summed E-state index contributed by atoms with van der Waals surface area (Å²) in [5.41, 5.74) is 0. The first-order valence-electron chi connectivity index (χ1n) is 7.21. The third-order valence-electron chi connectivity index (χ3n) is 4.19. The zero-order valence-corrected chi connectivity index (χ0v) is 12.4. The van der Waals surface area contributed by atoms with Gasteiger partial charge < -0.3 is 9.80 Å². The quantitative estimate of drug-likeness (QED) is 0.851. The van der Waals surface area contributed by atoms with Gasteiger partial charge in [-0.2, -0.15) is 0 Å². The summed E-state index contributed by atoms with van der Waals surface area (Å²) in [5.74, 6) is 0.222. The fraction of sp³-hybridized carbons (Fsp3) is 0.643. The molecule has 20 heavy (non-hydrogen) atoms. The largest absolute Gasteiger partial charge is 0.329 e. The number of aromatic nitrogens is 1. The summed E-state index contributed by atoms with van der Waals surface area (Å²) < 4.78 is 0. The van der Waals surface area contributed by atoms with Crippen molar-refractivity contribution in [3.63, 3.8) is 0 Å². The van der Waals surface area contributed by atoms with E-state index in [-0.39, 0.29) is 23.9 Å². The van der Waals surface area contributed by atoms with E-state index in [2.05, 4.69) is 4.98 Å². The number of thiazole rings is 1. The molecule has 3 heterocycles. The van der Waals surface area contributed by atoms with Crippen molar-refractivity contribution >= 4 is 23.2 Å². The van der Waals surface area contributed by atoms with Crippen LogP contribution in [-0.2, 0) is 16.1 Å². The van der Waals surface area contributed by atoms with Crippen molar-refractivity contribution in [3.8, 4) is 0 Å². The maximum Gasteiger partial charge on any atom is 0.246 e. The molecule has 2 atom stereocenters. The molecule has 6 heteroatoms. The van der Waals surface area contributed by atoms with Gasteiger partial charge in [-0.15, -0.1) is 11.3 Å². The van der Waals surface area contributed by atoms with E-state index >= 15 is 0 Å². The second-order valence-corrected chi connectivity index (χ2v) is 6.34. The molecule has 2 amide bonds. The van der Waals surface area contributed by atoms with Crippen LogP contribution < -0.4 is 0 Å². The predicted molar refractivity (Wildman–Crippen MR) is 76.1 cm³/mol. The first-order valence-corrected chi connectivity index (χ1v) is 8.09. The molecule has 0 aromatic carbocycles. The Morgan fingerprint density at radius 1 is 1.35 bits per heavy atom. The number of amides is 2. The molecule has 2 aliphatic heterocycles. The molecule has 0 radical (unpaired) electrons. The second kappa shape index (κ2) is 5.52. The molecule has 108 valence electrons. The highest BCUT2D eigenvalue weighted by molar-refractivity contribution is 7.09. The van der Waals surface area contributed by atoms with Crippen LogP contribution in [-0.4, -0.2) is 45.2 Å². The van der Waals surface area contributed by atoms with E-state index < -0.39 is 0 Å². The van der Waals surface area contributed by atoms with E-state index in [9.17, 15) is 9.59 Å². The van der Waals surface area contributed by atoms with Crippen LogP contribution in [0.4, 0.5) is 0 Å². The smallest absolute Gasteiger partial charge is 0.246 e. The lowest BCUT2D eigenvalue weighted by Crippen LogP contribution is -2.65. The maximum absolute atomic E-state index is 12.7. The molecule has 1 aromatic heterocycles. The third kappa shape index (κ3) is 2.22. The Morgan fingerprint density at radius 3 is 2.90 bits per heavy atom. The number of carbonyl (C=O) groups is 2. The average Bonchev–Trinajstić information content (AvgIpc) is 2.98. The average molecular weight is 293 g/mol. The molecule has 0 aliphatic carbocycles. The molecule has 1 aromatic rings. The van der Waals surface area contributed by atoms with Gasteiger partial charge in [-0.1, -0.05) is 6.92 Å². The molecule has 2 unspecified atom stereocenters. The zero-order valence-electron chi connectivity index (χ0n) is 11.6. The normalized spacial score (nSPS) is 26.9. The Balaban J connectivity index is 1.86. The van der Waals surface area contributed by atoms with Crippen LogP contribution in [0.15, 0.2) is 11.6 Å². The molecule has 2 saturated heterocycles. The van der Waals surface area contributed by atoms with Gasteiger partial charge >= 0.3 is 0 Å². The summed E-state index contributed by atoms with van der Waals surface area (Å²) in [6, 6.07) is -0.556. The van der Waals surface area contributed by atoms with Crippen molar-refractivity contribution in [2.75, 3.05) is 6.54 Å². The first-order chi connectivity index (χ1) is 9.72. The van der Waals surface area contributed by atoms with E-state index in [0.29, 0.717) is 13.0 Å². The van der Waals surface area contributed by atoms with Gasteiger partial charge in [-0.25, -0.2) is 4.98 Å². The monoisotopic (exact) mass is 293 g/mol. The standard InChI is InChI=1S/C14H19N3O2S/c1-2-10-13(18)16-7-4-3-5-11(16)14(19)17(10)9-12-15-6-8-20-12/h6,8,10-11H,2-5,7,9H2,1H3. The highest BCUT2D eigenvalue weighted by atomic mass is 32.1. The summed E-state index contributed by atoms with van der Waals surface area (Å²) in [6.45, 7) is 3.16. The molecule has 3 rings (SSSR count). The highest BCUT2D eigenvalue weighted by Gasteiger charge is 2.45. The number of fused-ring (bicyclic) bond motifs is 1. The SMILES string of the molecule is CCC1C(=O)N2CCCCC2C(=O)N1Cc1nccs1. The summed E-state index contributed by atoms with van der Waals surface area (Å²) in [6.07, 6.45) is 5.25. The highest BCUT2D eigenvalue weighted by Crippen LogP contribution is 2.28. The molecule has 0 bridgehead atoms. The maximum atomic E-state index is 12.7. The molecular weight excluding hydrogens is 274 g/mol. The van der Waals surface area contributed by atoms with E-state index in [0.717, 1.165) is 30.8 Å². The molecule has 0 spiro atoms. The molecule has 5 nitrogen and oxygen atoms in total. The summed E-state index contributed by atoms with van der Waals surface area (Å²) in [4.78, 5) is 33.1. The van der Waals surface area contributed by atoms with Crippen LogP contribution in [0.5, 0.6) is 0 Å². The molecular formula is C14H19N3O2S. The van der Waals surface area contributed by atoms with Crippen LogP contribution in [0, 0.1) is 0 Å². The van der Waals surface area contributed by atoms with Crippen molar-refractivity contribution in [2.24, 2.45) is 0 Å². The number of carbonyl (C=O) groups excluding carboxylic acids is 2. The van der Waals surface area contributed by atoms with E-state index in [1.807, 2.05) is 12.3 Å². The van der Waals surface area contributed by atoms with Crippen LogP contribution in [0.1, 0.15) is 37.6 Å². The van der Waals surface area contributed by atoms with Gasteiger partial charge in [0.1, 0.15) is 17.1 Å². The van der Waals surface area contributed by atoms with Crippen LogP contribution in [0.3, 0.4) is 0 Å². The Hall–Kier alpha value is -1.43. The minimum atomic E-state index is -0.319. The number of nitrogens with zero attached hydrogens (tertiary/aromatic N) is 3. The number of hydrogen-bond acceptors (Lipinski definition) is 4. The molecule has 0 saturated carbocycles. The van der Waals surface area contributed by atoms with E-state index in [4.69, 9.17) is 0 Å². The van der Waals surface area contributed by atoms with Gasteiger partial charge in [0.2, 0.25) is 11.8 Å². The lowest BCUT2D eigenvalue weighted by Gasteiger charge is -2.46. The van der Waals surface area contributed by atoms with Crippen LogP contribution in [0.25, 0.3) is 0 Å². The van der Waals surface area contributed by atoms with Gasteiger partial charge in [0.25, 0.3) is 0 Å². The first kappa shape index (κ1) is 13.5. The summed E-state index contributed by atoms with van der Waals surface area (Å²) in [5, 5.41) is 2.80. The fourth-order valence-corrected chi connectivity index (χ4v) is 3.80. The summed E-state index contributed by atoms with van der Waals surface area (Å²) >= 11 is 1.53. The van der Waals surface area contributed by atoms with Crippen molar-refractivity contribution < 1.29 is 9.59 Å². The number of piperazine rings is 1. The topological polar surface area (TPSA) is 53.5 Å². The minimum Gasteiger partial charge on any atom is -0.329 e. The Labute approximate surface area is 122 Å². The van der Waals surface area contributed by atoms with E-state index in [1.165, 1.54) is 11.3 Å². The third-order valence-corrected chi connectivity index (χ3v) is 4.96. The Kier molecular flexibility index (Phi) is 3.74. The van der Waals surface area contributed by atoms with Gasteiger partial charge in [0.05, 0.1) is 6.54 Å². The van der Waals surface area contributed by atoms with Crippen molar-refractivity contribution in [2.45, 2.75) is 51.2 Å². The Bertz CT molecular complexity index is 503. The van der Waals surface area contributed by atoms with Crippen molar-refractivity contribution in [3.05, 3.63) is 16.6 Å². The number of hydrogen-bond donors (Lipinski definition) is 0. The van der Waals surface area contributed by atoms with Gasteiger partial charge in [-0.05, 0) is 25.7 Å². The minimum absolute atomic E-state index is 0.103. The molecule has 2 aliphatic rings. The van der Waals surface area contributed by atoms with Gasteiger partial charge in [-0.3, -0.25) is 9.59 Å². The number of rotatable bonds is 3. The lowest BCUT2D eigenvalue weighted by molar-refractivity contribution is -0.164. The van der Waals surface area contributed by atoms with Gasteiger partial charge in [0, 0.05) is 18.1 Å².